The molecular weight excluding hydrogens is 278 g/mol. The summed E-state index contributed by atoms with van der Waals surface area (Å²) in [5.41, 5.74) is 0.974. The van der Waals surface area contributed by atoms with E-state index in [1.165, 1.54) is 0 Å². The fourth-order valence-electron chi connectivity index (χ4n) is 1.57. The van der Waals surface area contributed by atoms with Crippen molar-refractivity contribution in [2.75, 3.05) is 22.3 Å². The number of carbonyl (C=O) groups is 1. The second kappa shape index (κ2) is 7.74. The molecule has 6 nitrogen and oxygen atoms in total. The Morgan fingerprint density at radius 1 is 1.15 bits per heavy atom. The lowest BCUT2D eigenvalue weighted by Gasteiger charge is -2.10. The number of urea groups is 1. The van der Waals surface area contributed by atoms with Gasteiger partial charge in [0.2, 0.25) is 10.0 Å². The highest BCUT2D eigenvalue weighted by Gasteiger charge is 2.09. The minimum Gasteiger partial charge on any atom is -0.338 e. The molecule has 0 bridgehead atoms. The van der Waals surface area contributed by atoms with Crippen LogP contribution < -0.4 is 15.4 Å². The lowest BCUT2D eigenvalue weighted by Crippen LogP contribution is -2.29. The topological polar surface area (TPSA) is 87.3 Å². The number of rotatable bonds is 7. The van der Waals surface area contributed by atoms with Crippen LogP contribution in [0.4, 0.5) is 16.2 Å². The Bertz CT molecular complexity index is 544. The van der Waals surface area contributed by atoms with Crippen LogP contribution in [-0.4, -0.2) is 26.7 Å². The van der Waals surface area contributed by atoms with Crippen LogP contribution in [0.2, 0.25) is 0 Å². The summed E-state index contributed by atoms with van der Waals surface area (Å²) < 4.78 is 25.8. The molecule has 7 heteroatoms. The zero-order chi connectivity index (χ0) is 15.0. The van der Waals surface area contributed by atoms with Crippen molar-refractivity contribution in [2.45, 2.75) is 26.7 Å². The molecule has 1 aromatic rings. The van der Waals surface area contributed by atoms with Crippen molar-refractivity contribution in [1.29, 1.82) is 0 Å². The first kappa shape index (κ1) is 16.3. The normalized spacial score (nSPS) is 10.9. The highest BCUT2D eigenvalue weighted by Crippen LogP contribution is 2.16. The average molecular weight is 299 g/mol. The largest absolute Gasteiger partial charge is 0.338 e. The monoisotopic (exact) mass is 299 g/mol. The van der Waals surface area contributed by atoms with Gasteiger partial charge in [-0.1, -0.05) is 19.9 Å². The van der Waals surface area contributed by atoms with Gasteiger partial charge in [0, 0.05) is 12.2 Å². The van der Waals surface area contributed by atoms with Gasteiger partial charge < -0.3 is 10.6 Å². The summed E-state index contributed by atoms with van der Waals surface area (Å²) in [6, 6.07) is 6.30. The van der Waals surface area contributed by atoms with E-state index in [4.69, 9.17) is 0 Å². The van der Waals surface area contributed by atoms with Crippen molar-refractivity contribution in [3.63, 3.8) is 0 Å². The Morgan fingerprint density at radius 3 is 2.50 bits per heavy atom. The molecule has 0 fully saturated rings. The Hall–Kier alpha value is -1.76. The molecular formula is C13H21N3O3S. The molecule has 0 aliphatic heterocycles. The van der Waals surface area contributed by atoms with Crippen LogP contribution in [0.1, 0.15) is 26.7 Å². The molecule has 20 heavy (non-hydrogen) atoms. The zero-order valence-electron chi connectivity index (χ0n) is 11.8. The number of hydrogen-bond acceptors (Lipinski definition) is 3. The minimum atomic E-state index is -3.32. The van der Waals surface area contributed by atoms with Crippen LogP contribution in [0.25, 0.3) is 0 Å². The smallest absolute Gasteiger partial charge is 0.319 e. The fourth-order valence-corrected chi connectivity index (χ4v) is 2.70. The third kappa shape index (κ3) is 5.92. The van der Waals surface area contributed by atoms with E-state index >= 15 is 0 Å². The number of hydrogen-bond donors (Lipinski definition) is 3. The number of amides is 2. The number of nitrogens with one attached hydrogen (secondary N) is 3. The van der Waals surface area contributed by atoms with Crippen molar-refractivity contribution in [1.82, 2.24) is 5.32 Å². The van der Waals surface area contributed by atoms with E-state index in [1.807, 2.05) is 6.92 Å². The Kier molecular flexibility index (Phi) is 6.30. The van der Waals surface area contributed by atoms with E-state index < -0.39 is 10.0 Å². The summed E-state index contributed by atoms with van der Waals surface area (Å²) in [6.07, 6.45) is 1.40. The third-order valence-corrected chi connectivity index (χ3v) is 3.89. The summed E-state index contributed by atoms with van der Waals surface area (Å²) in [5, 5.41) is 5.33. The van der Waals surface area contributed by atoms with E-state index in [-0.39, 0.29) is 11.8 Å². The van der Waals surface area contributed by atoms with Crippen LogP contribution in [0.5, 0.6) is 0 Å². The maximum absolute atomic E-state index is 11.7. The predicted octanol–water partition coefficient (Wildman–Crippen LogP) is 2.37. The summed E-state index contributed by atoms with van der Waals surface area (Å²) >= 11 is 0. The van der Waals surface area contributed by atoms with Crippen molar-refractivity contribution < 1.29 is 13.2 Å². The first-order valence-corrected chi connectivity index (χ1v) is 8.27. The second-order valence-electron chi connectivity index (χ2n) is 4.38. The molecule has 3 N–H and O–H groups in total. The molecule has 0 aliphatic carbocycles. The van der Waals surface area contributed by atoms with Gasteiger partial charge >= 0.3 is 6.03 Å². The van der Waals surface area contributed by atoms with Gasteiger partial charge in [-0.25, -0.2) is 13.2 Å². The number of anilines is 2. The molecule has 0 atom stereocenters. The highest BCUT2D eigenvalue weighted by molar-refractivity contribution is 7.92. The van der Waals surface area contributed by atoms with Crippen LogP contribution in [-0.2, 0) is 10.0 Å². The lowest BCUT2D eigenvalue weighted by atomic mass is 10.3. The summed E-state index contributed by atoms with van der Waals surface area (Å²) in [7, 11) is -3.32. The minimum absolute atomic E-state index is 0.0711. The van der Waals surface area contributed by atoms with Crippen molar-refractivity contribution in [2.24, 2.45) is 0 Å². The van der Waals surface area contributed by atoms with Crippen LogP contribution >= 0.6 is 0 Å². The SMILES string of the molecule is CCCNC(=O)Nc1cccc(NS(=O)(=O)CCC)c1. The second-order valence-corrected chi connectivity index (χ2v) is 6.22. The van der Waals surface area contributed by atoms with E-state index in [0.717, 1.165) is 6.42 Å². The molecule has 0 aromatic heterocycles. The molecule has 0 aliphatic rings. The number of benzene rings is 1. The van der Waals surface area contributed by atoms with Gasteiger partial charge in [-0.3, -0.25) is 4.72 Å². The van der Waals surface area contributed by atoms with E-state index in [2.05, 4.69) is 15.4 Å². The van der Waals surface area contributed by atoms with Gasteiger partial charge in [0.25, 0.3) is 0 Å². The average Bonchev–Trinajstić information content (AvgIpc) is 2.36. The highest BCUT2D eigenvalue weighted by atomic mass is 32.2. The van der Waals surface area contributed by atoms with Gasteiger partial charge in [0.05, 0.1) is 11.4 Å². The standard InChI is InChI=1S/C13H21N3O3S/c1-3-8-14-13(17)15-11-6-5-7-12(10-11)16-20(18,19)9-4-2/h5-7,10,16H,3-4,8-9H2,1-2H3,(H2,14,15,17). The maximum Gasteiger partial charge on any atom is 0.319 e. The predicted molar refractivity (Wildman–Crippen MR) is 81.5 cm³/mol. The Balaban J connectivity index is 2.69. The number of carbonyl (C=O) groups excluding carboxylic acids is 1. The van der Waals surface area contributed by atoms with Crippen molar-refractivity contribution in [3.8, 4) is 0 Å². The van der Waals surface area contributed by atoms with Crippen molar-refractivity contribution >= 4 is 27.4 Å². The van der Waals surface area contributed by atoms with E-state index in [0.29, 0.717) is 24.3 Å². The van der Waals surface area contributed by atoms with E-state index in [9.17, 15) is 13.2 Å². The van der Waals surface area contributed by atoms with Gasteiger partial charge in [-0.15, -0.1) is 0 Å². The molecule has 1 aromatic carbocycles. The molecule has 0 spiro atoms. The summed E-state index contributed by atoms with van der Waals surface area (Å²) in [4.78, 5) is 11.5. The first-order chi connectivity index (χ1) is 9.46. The van der Waals surface area contributed by atoms with Gasteiger partial charge in [-0.2, -0.15) is 0 Å². The zero-order valence-corrected chi connectivity index (χ0v) is 12.6. The third-order valence-electron chi connectivity index (χ3n) is 2.40. The van der Waals surface area contributed by atoms with Crippen molar-refractivity contribution in [3.05, 3.63) is 24.3 Å². The summed E-state index contributed by atoms with van der Waals surface area (Å²) in [5.74, 6) is 0.0711. The van der Waals surface area contributed by atoms with Gasteiger partial charge in [0.15, 0.2) is 0 Å². The van der Waals surface area contributed by atoms with Gasteiger partial charge in [0.1, 0.15) is 0 Å². The van der Waals surface area contributed by atoms with E-state index in [1.54, 1.807) is 31.2 Å². The molecule has 0 saturated heterocycles. The molecule has 0 unspecified atom stereocenters. The first-order valence-electron chi connectivity index (χ1n) is 6.62. The molecule has 112 valence electrons. The molecule has 2 amide bonds. The summed E-state index contributed by atoms with van der Waals surface area (Å²) in [6.45, 7) is 4.35. The Labute approximate surface area is 120 Å². The number of sulfonamides is 1. The van der Waals surface area contributed by atoms with Crippen LogP contribution in [0.15, 0.2) is 24.3 Å². The Morgan fingerprint density at radius 2 is 1.85 bits per heavy atom. The molecule has 0 radical (unpaired) electrons. The molecule has 1 rings (SSSR count). The van der Waals surface area contributed by atoms with Gasteiger partial charge in [-0.05, 0) is 31.0 Å². The molecule has 0 saturated carbocycles. The molecule has 0 heterocycles. The maximum atomic E-state index is 11.7. The quantitative estimate of drug-likeness (QED) is 0.722. The lowest BCUT2D eigenvalue weighted by molar-refractivity contribution is 0.252. The van der Waals surface area contributed by atoms with Crippen LogP contribution in [0, 0.1) is 0 Å². The fraction of sp³-hybridized carbons (Fsp3) is 0.462. The van der Waals surface area contributed by atoms with Crippen LogP contribution in [0.3, 0.4) is 0 Å².